The van der Waals surface area contributed by atoms with Crippen LogP contribution in [0.2, 0.25) is 0 Å². The molecule has 6 nitrogen and oxygen atoms in total. The highest BCUT2D eigenvalue weighted by atomic mass is 16.5. The molecule has 1 atom stereocenters. The van der Waals surface area contributed by atoms with E-state index in [0.717, 1.165) is 43.5 Å². The van der Waals surface area contributed by atoms with E-state index in [4.69, 9.17) is 9.47 Å². The molecule has 27 heavy (non-hydrogen) atoms. The van der Waals surface area contributed by atoms with Gasteiger partial charge in [-0.3, -0.25) is 9.89 Å². The van der Waals surface area contributed by atoms with E-state index < -0.39 is 0 Å². The lowest BCUT2D eigenvalue weighted by Crippen LogP contribution is -2.49. The maximum Gasteiger partial charge on any atom is 0.193 e. The summed E-state index contributed by atoms with van der Waals surface area (Å²) in [5.74, 6) is 2.49. The second kappa shape index (κ2) is 11.0. The maximum absolute atomic E-state index is 5.40. The van der Waals surface area contributed by atoms with E-state index in [2.05, 4.69) is 40.1 Å². The molecule has 0 spiro atoms. The van der Waals surface area contributed by atoms with Gasteiger partial charge in [0, 0.05) is 33.2 Å². The predicted octanol–water partition coefficient (Wildman–Crippen LogP) is 2.63. The number of likely N-dealkylation sites (N-methyl/N-ethyl adjacent to an activating group) is 2. The second-order valence-corrected chi connectivity index (χ2v) is 7.07. The fraction of sp³-hybridized carbons (Fsp3) is 0.667. The third-order valence-corrected chi connectivity index (χ3v) is 5.41. The molecular weight excluding hydrogens is 340 g/mol. The zero-order valence-electron chi connectivity index (χ0n) is 17.6. The van der Waals surface area contributed by atoms with Crippen molar-refractivity contribution in [3.05, 3.63) is 23.8 Å². The van der Waals surface area contributed by atoms with Gasteiger partial charge in [0.2, 0.25) is 0 Å². The number of guanidine groups is 1. The fourth-order valence-electron chi connectivity index (χ4n) is 3.74. The Morgan fingerprint density at radius 2 is 2.04 bits per heavy atom. The third-order valence-electron chi connectivity index (χ3n) is 5.41. The van der Waals surface area contributed by atoms with Gasteiger partial charge in [0.15, 0.2) is 17.5 Å². The normalized spacial score (nSPS) is 18.3. The number of rotatable bonds is 8. The highest BCUT2D eigenvalue weighted by Gasteiger charge is 2.21. The molecule has 1 heterocycles. The molecule has 1 aromatic carbocycles. The minimum absolute atomic E-state index is 0.611. The third kappa shape index (κ3) is 6.03. The van der Waals surface area contributed by atoms with Crippen LogP contribution in [0.5, 0.6) is 11.5 Å². The largest absolute Gasteiger partial charge is 0.493 e. The fourth-order valence-corrected chi connectivity index (χ4v) is 3.74. The molecule has 1 aliphatic rings. The van der Waals surface area contributed by atoms with Gasteiger partial charge in [-0.2, -0.15) is 0 Å². The Labute approximate surface area is 164 Å². The number of nitrogens with one attached hydrogen (secondary N) is 1. The van der Waals surface area contributed by atoms with Crippen molar-refractivity contribution in [3.63, 3.8) is 0 Å². The first-order valence-corrected chi connectivity index (χ1v) is 9.99. The molecule has 1 N–H and O–H groups in total. The Kier molecular flexibility index (Phi) is 8.72. The predicted molar refractivity (Wildman–Crippen MR) is 112 cm³/mol. The summed E-state index contributed by atoms with van der Waals surface area (Å²) >= 11 is 0. The van der Waals surface area contributed by atoms with E-state index in [1.807, 2.05) is 19.2 Å². The van der Waals surface area contributed by atoms with E-state index in [9.17, 15) is 0 Å². The first kappa shape index (κ1) is 21.4. The van der Waals surface area contributed by atoms with Gasteiger partial charge in [-0.25, -0.2) is 0 Å². The summed E-state index contributed by atoms with van der Waals surface area (Å²) < 4.78 is 10.7. The highest BCUT2D eigenvalue weighted by molar-refractivity contribution is 5.79. The summed E-state index contributed by atoms with van der Waals surface area (Å²) in [6.45, 7) is 6.44. The van der Waals surface area contributed by atoms with Crippen LogP contribution in [0.15, 0.2) is 23.2 Å². The molecule has 0 bridgehead atoms. The topological polar surface area (TPSA) is 49.3 Å². The standard InChI is InChI=1S/C21H36N4O2/c1-6-25-13-8-7-9-18(25)16-23-21(22-2)24(3)14-12-17-10-11-19(26-4)20(15-17)27-5/h10-11,15,18H,6-9,12-14,16H2,1-5H3,(H,22,23). The molecule has 1 fully saturated rings. The monoisotopic (exact) mass is 376 g/mol. The average Bonchev–Trinajstić information content (AvgIpc) is 2.72. The molecule has 0 amide bonds. The number of aliphatic imine (C=N–C) groups is 1. The van der Waals surface area contributed by atoms with E-state index in [-0.39, 0.29) is 0 Å². The number of methoxy groups -OCH3 is 2. The number of likely N-dealkylation sites (tertiary alicyclic amines) is 1. The minimum Gasteiger partial charge on any atom is -0.493 e. The van der Waals surface area contributed by atoms with Crippen molar-refractivity contribution < 1.29 is 9.47 Å². The van der Waals surface area contributed by atoms with Gasteiger partial charge in [-0.15, -0.1) is 0 Å². The first-order chi connectivity index (χ1) is 13.1. The van der Waals surface area contributed by atoms with E-state index >= 15 is 0 Å². The molecule has 1 aromatic rings. The summed E-state index contributed by atoms with van der Waals surface area (Å²) in [7, 11) is 7.28. The van der Waals surface area contributed by atoms with Crippen LogP contribution in [0.4, 0.5) is 0 Å². The van der Waals surface area contributed by atoms with Crippen LogP contribution >= 0.6 is 0 Å². The van der Waals surface area contributed by atoms with Gasteiger partial charge in [-0.1, -0.05) is 19.4 Å². The first-order valence-electron chi connectivity index (χ1n) is 9.99. The summed E-state index contributed by atoms with van der Waals surface area (Å²) in [5, 5.41) is 3.57. The van der Waals surface area contributed by atoms with E-state index in [0.29, 0.717) is 6.04 Å². The average molecular weight is 377 g/mol. The Morgan fingerprint density at radius 1 is 1.26 bits per heavy atom. The van der Waals surface area contributed by atoms with Crippen LogP contribution in [-0.4, -0.2) is 76.3 Å². The van der Waals surface area contributed by atoms with Crippen molar-refractivity contribution in [1.29, 1.82) is 0 Å². The van der Waals surface area contributed by atoms with Gasteiger partial charge in [0.05, 0.1) is 14.2 Å². The van der Waals surface area contributed by atoms with Crippen molar-refractivity contribution in [2.75, 3.05) is 54.5 Å². The Bertz CT molecular complexity index is 606. The SMILES string of the molecule is CCN1CCCCC1CNC(=NC)N(C)CCc1ccc(OC)c(OC)c1. The Hall–Kier alpha value is -1.95. The van der Waals surface area contributed by atoms with E-state index in [1.165, 1.54) is 31.4 Å². The Balaban J connectivity index is 1.86. The maximum atomic E-state index is 5.40. The van der Waals surface area contributed by atoms with Crippen LogP contribution in [-0.2, 0) is 6.42 Å². The molecule has 1 aliphatic heterocycles. The van der Waals surface area contributed by atoms with Crippen molar-refractivity contribution >= 4 is 5.96 Å². The molecule has 6 heteroatoms. The van der Waals surface area contributed by atoms with Crippen LogP contribution in [0.25, 0.3) is 0 Å². The van der Waals surface area contributed by atoms with Crippen molar-refractivity contribution in [2.24, 2.45) is 4.99 Å². The quantitative estimate of drug-likeness (QED) is 0.558. The molecule has 0 radical (unpaired) electrons. The lowest BCUT2D eigenvalue weighted by Gasteiger charge is -2.35. The number of hydrogen-bond donors (Lipinski definition) is 1. The number of nitrogens with zero attached hydrogens (tertiary/aromatic N) is 3. The summed E-state index contributed by atoms with van der Waals surface area (Å²) in [6, 6.07) is 6.71. The number of ether oxygens (including phenoxy) is 2. The molecule has 0 aliphatic carbocycles. The van der Waals surface area contributed by atoms with Crippen LogP contribution in [0, 0.1) is 0 Å². The van der Waals surface area contributed by atoms with Gasteiger partial charge >= 0.3 is 0 Å². The van der Waals surface area contributed by atoms with E-state index in [1.54, 1.807) is 14.2 Å². The van der Waals surface area contributed by atoms with Crippen LogP contribution in [0.3, 0.4) is 0 Å². The molecule has 152 valence electrons. The van der Waals surface area contributed by atoms with Crippen molar-refractivity contribution in [2.45, 2.75) is 38.6 Å². The van der Waals surface area contributed by atoms with Crippen LogP contribution in [0.1, 0.15) is 31.7 Å². The number of piperidine rings is 1. The van der Waals surface area contributed by atoms with Crippen molar-refractivity contribution in [1.82, 2.24) is 15.1 Å². The highest BCUT2D eigenvalue weighted by Crippen LogP contribution is 2.27. The molecule has 2 rings (SSSR count). The lowest BCUT2D eigenvalue weighted by molar-refractivity contribution is 0.157. The lowest BCUT2D eigenvalue weighted by atomic mass is 10.0. The molecular formula is C21H36N4O2. The van der Waals surface area contributed by atoms with Crippen molar-refractivity contribution in [3.8, 4) is 11.5 Å². The van der Waals surface area contributed by atoms with Gasteiger partial charge in [0.25, 0.3) is 0 Å². The van der Waals surface area contributed by atoms with Gasteiger partial charge in [0.1, 0.15) is 0 Å². The molecule has 1 unspecified atom stereocenters. The van der Waals surface area contributed by atoms with Gasteiger partial charge < -0.3 is 19.7 Å². The van der Waals surface area contributed by atoms with Crippen LogP contribution < -0.4 is 14.8 Å². The zero-order chi connectivity index (χ0) is 19.6. The number of hydrogen-bond acceptors (Lipinski definition) is 4. The smallest absolute Gasteiger partial charge is 0.193 e. The molecule has 0 saturated carbocycles. The molecule has 0 aromatic heterocycles. The summed E-state index contributed by atoms with van der Waals surface area (Å²) in [6.07, 6.45) is 4.84. The molecule has 1 saturated heterocycles. The number of benzene rings is 1. The second-order valence-electron chi connectivity index (χ2n) is 7.07. The Morgan fingerprint density at radius 3 is 2.70 bits per heavy atom. The summed E-state index contributed by atoms with van der Waals surface area (Å²) in [5.41, 5.74) is 1.22. The summed E-state index contributed by atoms with van der Waals surface area (Å²) in [4.78, 5) is 9.23. The zero-order valence-corrected chi connectivity index (χ0v) is 17.6. The van der Waals surface area contributed by atoms with Gasteiger partial charge in [-0.05, 0) is 50.0 Å². The minimum atomic E-state index is 0.611.